The third kappa shape index (κ3) is 5.68. The number of thioether (sulfide) groups is 1. The summed E-state index contributed by atoms with van der Waals surface area (Å²) >= 11 is 1.39. The van der Waals surface area contributed by atoms with Gasteiger partial charge in [-0.2, -0.15) is 0 Å². The Labute approximate surface area is 161 Å². The topological polar surface area (TPSA) is 85.9 Å². The minimum atomic E-state index is -0.522. The molecule has 0 atom stereocenters. The maximum absolute atomic E-state index is 12.3. The van der Waals surface area contributed by atoms with Gasteiger partial charge in [-0.05, 0) is 29.7 Å². The van der Waals surface area contributed by atoms with Crippen LogP contribution in [0.3, 0.4) is 0 Å². The molecule has 2 aromatic rings. The summed E-state index contributed by atoms with van der Waals surface area (Å²) in [6.45, 7) is 0. The predicted octanol–water partition coefficient (Wildman–Crippen LogP) is 2.78. The Balaban J connectivity index is 1.95. The molecule has 0 aliphatic carbocycles. The SMILES string of the molecule is COc1cc(C(=O)NNC(=O)/C=C/Sc2ccccc2)cc(OC)c1OC. The van der Waals surface area contributed by atoms with Crippen molar-refractivity contribution >= 4 is 23.6 Å². The molecule has 27 heavy (non-hydrogen) atoms. The molecule has 0 aromatic heterocycles. The first-order valence-corrected chi connectivity index (χ1v) is 8.75. The van der Waals surface area contributed by atoms with Crippen LogP contribution < -0.4 is 25.1 Å². The molecule has 0 heterocycles. The zero-order valence-electron chi connectivity index (χ0n) is 15.1. The first kappa shape index (κ1) is 20.2. The fourth-order valence-corrected chi connectivity index (χ4v) is 2.78. The summed E-state index contributed by atoms with van der Waals surface area (Å²) in [4.78, 5) is 25.1. The summed E-state index contributed by atoms with van der Waals surface area (Å²) in [6.07, 6.45) is 1.33. The van der Waals surface area contributed by atoms with Gasteiger partial charge >= 0.3 is 0 Å². The van der Waals surface area contributed by atoms with Crippen molar-refractivity contribution in [1.29, 1.82) is 0 Å². The van der Waals surface area contributed by atoms with E-state index in [0.29, 0.717) is 17.2 Å². The van der Waals surface area contributed by atoms with Crippen LogP contribution in [-0.4, -0.2) is 33.1 Å². The van der Waals surface area contributed by atoms with Crippen molar-refractivity contribution in [3.8, 4) is 17.2 Å². The number of ether oxygens (including phenoxy) is 3. The van der Waals surface area contributed by atoms with Gasteiger partial charge in [-0.25, -0.2) is 0 Å². The zero-order chi connectivity index (χ0) is 19.6. The van der Waals surface area contributed by atoms with Gasteiger partial charge in [-0.1, -0.05) is 30.0 Å². The number of benzene rings is 2. The summed E-state index contributed by atoms with van der Waals surface area (Å²) in [5.74, 6) is 0.0763. The van der Waals surface area contributed by atoms with Crippen molar-refractivity contribution in [2.75, 3.05) is 21.3 Å². The van der Waals surface area contributed by atoms with Crippen molar-refractivity contribution in [3.05, 3.63) is 59.5 Å². The molecule has 0 aliphatic rings. The molecule has 0 saturated heterocycles. The van der Waals surface area contributed by atoms with Crippen LogP contribution in [0.1, 0.15) is 10.4 Å². The second kappa shape index (κ2) is 10.1. The summed E-state index contributed by atoms with van der Waals surface area (Å²) in [5, 5.41) is 1.64. The highest BCUT2D eigenvalue weighted by Crippen LogP contribution is 2.38. The van der Waals surface area contributed by atoms with Crippen molar-refractivity contribution in [1.82, 2.24) is 10.9 Å². The molecule has 0 fully saturated rings. The van der Waals surface area contributed by atoms with E-state index in [0.717, 1.165) is 4.90 Å². The first-order valence-electron chi connectivity index (χ1n) is 7.87. The molecular weight excluding hydrogens is 368 g/mol. The average molecular weight is 388 g/mol. The smallest absolute Gasteiger partial charge is 0.269 e. The number of methoxy groups -OCH3 is 3. The molecule has 0 radical (unpaired) electrons. The van der Waals surface area contributed by atoms with Gasteiger partial charge in [0.2, 0.25) is 5.75 Å². The van der Waals surface area contributed by atoms with E-state index >= 15 is 0 Å². The first-order chi connectivity index (χ1) is 13.1. The third-order valence-corrected chi connectivity index (χ3v) is 4.21. The Bertz CT molecular complexity index is 799. The van der Waals surface area contributed by atoms with E-state index < -0.39 is 11.8 Å². The molecule has 2 N–H and O–H groups in total. The minimum Gasteiger partial charge on any atom is -0.493 e. The van der Waals surface area contributed by atoms with Crippen LogP contribution in [0, 0.1) is 0 Å². The van der Waals surface area contributed by atoms with Gasteiger partial charge in [0.1, 0.15) is 0 Å². The van der Waals surface area contributed by atoms with Crippen molar-refractivity contribution < 1.29 is 23.8 Å². The minimum absolute atomic E-state index is 0.243. The second-order valence-corrected chi connectivity index (χ2v) is 6.07. The molecule has 0 saturated carbocycles. The van der Waals surface area contributed by atoms with Gasteiger partial charge in [-0.3, -0.25) is 20.4 Å². The van der Waals surface area contributed by atoms with Crippen molar-refractivity contribution in [2.24, 2.45) is 0 Å². The Morgan fingerprint density at radius 2 is 1.56 bits per heavy atom. The fraction of sp³-hybridized carbons (Fsp3) is 0.158. The van der Waals surface area contributed by atoms with Gasteiger partial charge in [0, 0.05) is 16.5 Å². The van der Waals surface area contributed by atoms with Gasteiger partial charge in [0.15, 0.2) is 11.5 Å². The van der Waals surface area contributed by atoms with Gasteiger partial charge in [-0.15, -0.1) is 0 Å². The van der Waals surface area contributed by atoms with Crippen LogP contribution in [0.4, 0.5) is 0 Å². The molecule has 142 valence electrons. The van der Waals surface area contributed by atoms with E-state index in [1.165, 1.54) is 51.3 Å². The maximum atomic E-state index is 12.3. The average Bonchev–Trinajstić information content (AvgIpc) is 2.71. The predicted molar refractivity (Wildman–Crippen MR) is 103 cm³/mol. The highest BCUT2D eigenvalue weighted by molar-refractivity contribution is 8.02. The van der Waals surface area contributed by atoms with E-state index in [4.69, 9.17) is 14.2 Å². The quantitative estimate of drug-likeness (QED) is 0.431. The molecule has 0 aliphatic heterocycles. The molecule has 7 nitrogen and oxygen atoms in total. The van der Waals surface area contributed by atoms with E-state index in [-0.39, 0.29) is 5.56 Å². The number of nitrogens with one attached hydrogen (secondary N) is 2. The number of hydrogen-bond donors (Lipinski definition) is 2. The molecule has 0 spiro atoms. The Kier molecular flexibility index (Phi) is 7.57. The standard InChI is InChI=1S/C19H20N2O5S/c1-24-15-11-13(12-16(25-2)18(15)26-3)19(23)21-20-17(22)9-10-27-14-7-5-4-6-8-14/h4-12H,1-3H3,(H,20,22)(H,21,23)/b10-9+. The summed E-state index contributed by atoms with van der Waals surface area (Å²) in [7, 11) is 4.38. The Morgan fingerprint density at radius 1 is 0.926 bits per heavy atom. The number of rotatable bonds is 7. The maximum Gasteiger partial charge on any atom is 0.269 e. The normalized spacial score (nSPS) is 10.3. The van der Waals surface area contributed by atoms with Crippen LogP contribution >= 0.6 is 11.8 Å². The largest absolute Gasteiger partial charge is 0.493 e. The van der Waals surface area contributed by atoms with Gasteiger partial charge in [0.25, 0.3) is 11.8 Å². The number of hydrogen-bond acceptors (Lipinski definition) is 6. The molecule has 2 rings (SSSR count). The number of carbonyl (C=O) groups excluding carboxylic acids is 2. The Hall–Kier alpha value is -3.13. The lowest BCUT2D eigenvalue weighted by Crippen LogP contribution is -2.40. The van der Waals surface area contributed by atoms with Crippen LogP contribution in [0.15, 0.2) is 58.8 Å². The molecular formula is C19H20N2O5S. The van der Waals surface area contributed by atoms with Crippen molar-refractivity contribution in [3.63, 3.8) is 0 Å². The van der Waals surface area contributed by atoms with E-state index in [2.05, 4.69) is 10.9 Å². The molecule has 2 aromatic carbocycles. The third-order valence-electron chi connectivity index (χ3n) is 3.39. The molecule has 0 unspecified atom stereocenters. The lowest BCUT2D eigenvalue weighted by atomic mass is 10.1. The van der Waals surface area contributed by atoms with E-state index in [1.54, 1.807) is 5.41 Å². The van der Waals surface area contributed by atoms with Crippen LogP contribution in [-0.2, 0) is 4.79 Å². The zero-order valence-corrected chi connectivity index (χ0v) is 16.0. The summed E-state index contributed by atoms with van der Waals surface area (Å²) in [6, 6.07) is 12.6. The Morgan fingerprint density at radius 3 is 2.11 bits per heavy atom. The molecule has 0 bridgehead atoms. The lowest BCUT2D eigenvalue weighted by molar-refractivity contribution is -0.117. The number of amides is 2. The lowest BCUT2D eigenvalue weighted by Gasteiger charge is -2.14. The van der Waals surface area contributed by atoms with Crippen molar-refractivity contribution in [2.45, 2.75) is 4.90 Å². The van der Waals surface area contributed by atoms with Gasteiger partial charge in [0.05, 0.1) is 21.3 Å². The fourth-order valence-electron chi connectivity index (χ4n) is 2.12. The molecule has 8 heteroatoms. The van der Waals surface area contributed by atoms with Crippen LogP contribution in [0.25, 0.3) is 0 Å². The highest BCUT2D eigenvalue weighted by Gasteiger charge is 2.17. The van der Waals surface area contributed by atoms with Crippen LogP contribution in [0.2, 0.25) is 0 Å². The number of hydrazine groups is 1. The monoisotopic (exact) mass is 388 g/mol. The highest BCUT2D eigenvalue weighted by atomic mass is 32.2. The summed E-state index contributed by atoms with van der Waals surface area (Å²) < 4.78 is 15.6. The second-order valence-electron chi connectivity index (χ2n) is 5.09. The van der Waals surface area contributed by atoms with Crippen LogP contribution in [0.5, 0.6) is 17.2 Å². The molecule has 2 amide bonds. The van der Waals surface area contributed by atoms with E-state index in [9.17, 15) is 9.59 Å². The summed E-state index contributed by atoms with van der Waals surface area (Å²) in [5.41, 5.74) is 4.90. The number of carbonyl (C=O) groups is 2. The van der Waals surface area contributed by atoms with Gasteiger partial charge < -0.3 is 14.2 Å². The van der Waals surface area contributed by atoms with E-state index in [1.807, 2.05) is 30.3 Å².